The standard InChI is InChI=1S/C23H18Cl2N4O3/c1-28(17-9-5-15(24)6-10-17)22(30)18-11-12-20-26-13-19(29(20)21(18)25)14-3-7-16(8-4-14)27-23(31)32-2/h3-13H,1-2H3,(H,27,31). The monoisotopic (exact) mass is 468 g/mol. The Balaban J connectivity index is 1.70. The number of amides is 2. The van der Waals surface area contributed by atoms with E-state index in [0.717, 1.165) is 5.56 Å². The van der Waals surface area contributed by atoms with Crippen molar-refractivity contribution in [3.8, 4) is 11.3 Å². The third kappa shape index (κ3) is 4.12. The van der Waals surface area contributed by atoms with Crippen LogP contribution >= 0.6 is 23.2 Å². The molecule has 1 N–H and O–H groups in total. The van der Waals surface area contributed by atoms with E-state index in [2.05, 4.69) is 15.0 Å². The van der Waals surface area contributed by atoms with Gasteiger partial charge in [-0.1, -0.05) is 35.3 Å². The summed E-state index contributed by atoms with van der Waals surface area (Å²) in [4.78, 5) is 30.5. The Hall–Kier alpha value is -3.55. The van der Waals surface area contributed by atoms with Gasteiger partial charge in [-0.05, 0) is 48.5 Å². The average Bonchev–Trinajstić information content (AvgIpc) is 3.24. The number of hydrogen-bond donors (Lipinski definition) is 1. The summed E-state index contributed by atoms with van der Waals surface area (Å²) in [5, 5.41) is 3.44. The molecule has 7 nitrogen and oxygen atoms in total. The third-order valence-electron chi connectivity index (χ3n) is 4.97. The molecule has 0 fully saturated rings. The molecule has 0 aliphatic carbocycles. The van der Waals surface area contributed by atoms with Crippen LogP contribution in [0.5, 0.6) is 0 Å². The van der Waals surface area contributed by atoms with E-state index in [4.69, 9.17) is 23.2 Å². The second-order valence-electron chi connectivity index (χ2n) is 6.91. The number of aromatic nitrogens is 2. The highest BCUT2D eigenvalue weighted by molar-refractivity contribution is 6.34. The first-order chi connectivity index (χ1) is 15.4. The fourth-order valence-corrected chi connectivity index (χ4v) is 3.70. The lowest BCUT2D eigenvalue weighted by Crippen LogP contribution is -2.26. The SMILES string of the molecule is COC(=O)Nc1ccc(-c2cnc3ccc(C(=O)N(C)c4ccc(Cl)cc4)c(Cl)n23)cc1. The van der Waals surface area contributed by atoms with Crippen molar-refractivity contribution in [3.63, 3.8) is 0 Å². The number of benzene rings is 2. The molecular weight excluding hydrogens is 451 g/mol. The van der Waals surface area contributed by atoms with E-state index >= 15 is 0 Å². The number of ether oxygens (including phenoxy) is 1. The average molecular weight is 469 g/mol. The maximum atomic E-state index is 13.2. The van der Waals surface area contributed by atoms with E-state index in [1.807, 2.05) is 12.1 Å². The van der Waals surface area contributed by atoms with Crippen LogP contribution in [0.15, 0.2) is 66.9 Å². The van der Waals surface area contributed by atoms with Crippen molar-refractivity contribution in [1.29, 1.82) is 0 Å². The van der Waals surface area contributed by atoms with Crippen molar-refractivity contribution < 1.29 is 14.3 Å². The Morgan fingerprint density at radius 2 is 1.69 bits per heavy atom. The molecule has 4 rings (SSSR count). The maximum absolute atomic E-state index is 13.2. The van der Waals surface area contributed by atoms with Gasteiger partial charge in [0.25, 0.3) is 5.91 Å². The van der Waals surface area contributed by atoms with E-state index in [1.165, 1.54) is 12.0 Å². The zero-order chi connectivity index (χ0) is 22.8. The molecule has 4 aromatic rings. The van der Waals surface area contributed by atoms with Gasteiger partial charge in [0.15, 0.2) is 0 Å². The highest BCUT2D eigenvalue weighted by Crippen LogP contribution is 2.29. The molecule has 0 atom stereocenters. The lowest BCUT2D eigenvalue weighted by atomic mass is 10.1. The van der Waals surface area contributed by atoms with E-state index in [0.29, 0.717) is 33.3 Å². The predicted octanol–water partition coefficient (Wildman–Crippen LogP) is 5.76. The fraction of sp³-hybridized carbons (Fsp3) is 0.0870. The number of hydrogen-bond acceptors (Lipinski definition) is 4. The van der Waals surface area contributed by atoms with Gasteiger partial charge < -0.3 is 9.64 Å². The van der Waals surface area contributed by atoms with Crippen LogP contribution in [0, 0.1) is 0 Å². The van der Waals surface area contributed by atoms with Crippen LogP contribution in [0.25, 0.3) is 16.9 Å². The van der Waals surface area contributed by atoms with Crippen LogP contribution in [0.3, 0.4) is 0 Å². The molecular formula is C23H18Cl2N4O3. The van der Waals surface area contributed by atoms with Gasteiger partial charge in [-0.25, -0.2) is 9.78 Å². The van der Waals surface area contributed by atoms with Crippen LogP contribution in [-0.4, -0.2) is 35.5 Å². The number of halogens is 2. The number of rotatable bonds is 4. The van der Waals surface area contributed by atoms with Gasteiger partial charge in [0.2, 0.25) is 0 Å². The number of imidazole rings is 1. The van der Waals surface area contributed by atoms with Gasteiger partial charge in [-0.2, -0.15) is 0 Å². The second kappa shape index (κ2) is 8.90. The van der Waals surface area contributed by atoms with Crippen molar-refractivity contribution in [2.24, 2.45) is 0 Å². The van der Waals surface area contributed by atoms with Gasteiger partial charge in [0, 0.05) is 29.0 Å². The molecule has 0 saturated heterocycles. The van der Waals surface area contributed by atoms with Crippen LogP contribution in [-0.2, 0) is 4.74 Å². The van der Waals surface area contributed by atoms with Gasteiger partial charge in [-0.15, -0.1) is 0 Å². The summed E-state index contributed by atoms with van der Waals surface area (Å²) in [5.74, 6) is -0.267. The summed E-state index contributed by atoms with van der Waals surface area (Å²) in [7, 11) is 2.97. The minimum absolute atomic E-state index is 0.248. The van der Waals surface area contributed by atoms with Crippen LogP contribution in [0.2, 0.25) is 10.2 Å². The lowest BCUT2D eigenvalue weighted by molar-refractivity contribution is 0.0992. The molecule has 2 aromatic carbocycles. The fourth-order valence-electron chi connectivity index (χ4n) is 3.26. The molecule has 0 radical (unpaired) electrons. The normalized spacial score (nSPS) is 10.8. The molecule has 0 spiro atoms. The molecule has 2 heterocycles. The molecule has 32 heavy (non-hydrogen) atoms. The second-order valence-corrected chi connectivity index (χ2v) is 7.70. The first kappa shape index (κ1) is 21.7. The number of carbonyl (C=O) groups is 2. The summed E-state index contributed by atoms with van der Waals surface area (Å²) >= 11 is 12.6. The third-order valence-corrected chi connectivity index (χ3v) is 5.59. The highest BCUT2D eigenvalue weighted by Gasteiger charge is 2.20. The molecule has 0 bridgehead atoms. The summed E-state index contributed by atoms with van der Waals surface area (Å²) in [6, 6.07) is 17.5. The molecule has 2 aromatic heterocycles. The van der Waals surface area contributed by atoms with Crippen molar-refractivity contribution in [1.82, 2.24) is 9.38 Å². The topological polar surface area (TPSA) is 75.9 Å². The van der Waals surface area contributed by atoms with Gasteiger partial charge in [0.05, 0.1) is 24.6 Å². The molecule has 9 heteroatoms. The number of carbonyl (C=O) groups excluding carboxylic acids is 2. The predicted molar refractivity (Wildman–Crippen MR) is 126 cm³/mol. The number of methoxy groups -OCH3 is 1. The zero-order valence-corrected chi connectivity index (χ0v) is 18.7. The molecule has 0 aliphatic rings. The quantitative estimate of drug-likeness (QED) is 0.386. The molecule has 0 unspecified atom stereocenters. The lowest BCUT2D eigenvalue weighted by Gasteiger charge is -2.19. The smallest absolute Gasteiger partial charge is 0.411 e. The summed E-state index contributed by atoms with van der Waals surface area (Å²) in [5.41, 5.74) is 3.73. The van der Waals surface area contributed by atoms with Crippen molar-refractivity contribution in [3.05, 3.63) is 82.6 Å². The van der Waals surface area contributed by atoms with E-state index in [9.17, 15) is 9.59 Å². The molecule has 2 amide bonds. The number of nitrogens with zero attached hydrogens (tertiary/aromatic N) is 3. The Labute approximate surface area is 194 Å². The van der Waals surface area contributed by atoms with Crippen LogP contribution in [0.1, 0.15) is 10.4 Å². The molecule has 0 aliphatic heterocycles. The Morgan fingerprint density at radius 3 is 2.34 bits per heavy atom. The maximum Gasteiger partial charge on any atom is 0.411 e. The Kier molecular flexibility index (Phi) is 6.03. The Morgan fingerprint density at radius 1 is 1.00 bits per heavy atom. The minimum Gasteiger partial charge on any atom is -0.453 e. The molecule has 0 saturated carbocycles. The summed E-state index contributed by atoms with van der Waals surface area (Å²) < 4.78 is 6.31. The number of fused-ring (bicyclic) bond motifs is 1. The van der Waals surface area contributed by atoms with E-state index < -0.39 is 6.09 Å². The number of nitrogens with one attached hydrogen (secondary N) is 1. The number of anilines is 2. The van der Waals surface area contributed by atoms with Gasteiger partial charge >= 0.3 is 6.09 Å². The van der Waals surface area contributed by atoms with Gasteiger partial charge in [0.1, 0.15) is 10.8 Å². The van der Waals surface area contributed by atoms with Gasteiger partial charge in [-0.3, -0.25) is 14.5 Å². The minimum atomic E-state index is -0.552. The summed E-state index contributed by atoms with van der Waals surface area (Å²) in [6.45, 7) is 0. The zero-order valence-electron chi connectivity index (χ0n) is 17.2. The Bertz CT molecular complexity index is 1300. The first-order valence-corrected chi connectivity index (χ1v) is 10.3. The van der Waals surface area contributed by atoms with Crippen molar-refractivity contribution in [2.75, 3.05) is 24.4 Å². The van der Waals surface area contributed by atoms with Crippen LogP contribution in [0.4, 0.5) is 16.2 Å². The largest absolute Gasteiger partial charge is 0.453 e. The van der Waals surface area contributed by atoms with E-state index in [1.54, 1.807) is 66.2 Å². The summed E-state index contributed by atoms with van der Waals surface area (Å²) in [6.07, 6.45) is 1.13. The highest BCUT2D eigenvalue weighted by atomic mass is 35.5. The van der Waals surface area contributed by atoms with Crippen molar-refractivity contribution >= 4 is 52.2 Å². The van der Waals surface area contributed by atoms with Crippen molar-refractivity contribution in [2.45, 2.75) is 0 Å². The first-order valence-electron chi connectivity index (χ1n) is 9.54. The molecule has 162 valence electrons. The van der Waals surface area contributed by atoms with Crippen LogP contribution < -0.4 is 10.2 Å². The number of pyridine rings is 1. The van der Waals surface area contributed by atoms with E-state index in [-0.39, 0.29) is 11.1 Å².